The molecule has 1 aromatic heterocycles. The quantitative estimate of drug-likeness (QED) is 0.839. The van der Waals surface area contributed by atoms with Crippen LogP contribution in [0.1, 0.15) is 5.56 Å². The van der Waals surface area contributed by atoms with Crippen LogP contribution >= 0.6 is 15.9 Å². The highest BCUT2D eigenvalue weighted by Crippen LogP contribution is 2.19. The largest absolute Gasteiger partial charge is 0.310 e. The highest BCUT2D eigenvalue weighted by Gasteiger charge is 2.23. The van der Waals surface area contributed by atoms with Crippen molar-refractivity contribution in [3.8, 4) is 0 Å². The fraction of sp³-hybridized carbons (Fsp3) is 0.200. The van der Waals surface area contributed by atoms with Crippen molar-refractivity contribution in [3.05, 3.63) is 52.6 Å². The van der Waals surface area contributed by atoms with Crippen LogP contribution in [0, 0.1) is 6.92 Å². The molecule has 0 unspecified atom stereocenters. The molecule has 0 bridgehead atoms. The number of sulfonamides is 1. The highest BCUT2D eigenvalue weighted by molar-refractivity contribution is 9.10. The molecule has 1 aromatic carbocycles. The van der Waals surface area contributed by atoms with Crippen molar-refractivity contribution in [2.24, 2.45) is 0 Å². The maximum Gasteiger partial charge on any atom is 0.243 e. The van der Waals surface area contributed by atoms with E-state index in [0.29, 0.717) is 10.3 Å². The molecule has 23 heavy (non-hydrogen) atoms. The maximum absolute atomic E-state index is 12.4. The van der Waals surface area contributed by atoms with Crippen LogP contribution in [-0.2, 0) is 14.8 Å². The minimum absolute atomic E-state index is 0.121. The Morgan fingerprint density at radius 3 is 2.70 bits per heavy atom. The first-order chi connectivity index (χ1) is 10.8. The van der Waals surface area contributed by atoms with E-state index in [2.05, 4.69) is 26.2 Å². The topological polar surface area (TPSA) is 79.4 Å². The lowest BCUT2D eigenvalue weighted by Crippen LogP contribution is -2.35. The Morgan fingerprint density at radius 2 is 2.04 bits per heavy atom. The number of halogens is 1. The molecule has 2 aromatic rings. The summed E-state index contributed by atoms with van der Waals surface area (Å²) in [6.07, 6.45) is 1.58. The molecular weight excluding hydrogens is 382 g/mol. The van der Waals surface area contributed by atoms with Crippen molar-refractivity contribution in [2.75, 3.05) is 18.9 Å². The van der Waals surface area contributed by atoms with Crippen LogP contribution in [0.15, 0.2) is 52.0 Å². The normalized spacial score (nSPS) is 11.5. The smallest absolute Gasteiger partial charge is 0.243 e. The molecule has 0 spiro atoms. The van der Waals surface area contributed by atoms with Crippen LogP contribution in [-0.4, -0.2) is 37.2 Å². The van der Waals surface area contributed by atoms with E-state index in [1.165, 1.54) is 19.2 Å². The molecule has 1 amide bonds. The molecule has 1 N–H and O–H groups in total. The van der Waals surface area contributed by atoms with Crippen LogP contribution in [0.3, 0.4) is 0 Å². The lowest BCUT2D eigenvalue weighted by Gasteiger charge is -2.17. The summed E-state index contributed by atoms with van der Waals surface area (Å²) in [5.41, 5.74) is 0.949. The van der Waals surface area contributed by atoms with Crippen molar-refractivity contribution in [2.45, 2.75) is 11.8 Å². The van der Waals surface area contributed by atoms with Crippen LogP contribution in [0.25, 0.3) is 0 Å². The summed E-state index contributed by atoms with van der Waals surface area (Å²) >= 11 is 3.24. The lowest BCUT2D eigenvalue weighted by molar-refractivity contribution is -0.116. The Balaban J connectivity index is 2.08. The number of benzene rings is 1. The summed E-state index contributed by atoms with van der Waals surface area (Å²) in [5, 5.41) is 2.58. The number of nitrogens with one attached hydrogen (secondary N) is 1. The van der Waals surface area contributed by atoms with Gasteiger partial charge in [0.2, 0.25) is 15.9 Å². The first-order valence-electron chi connectivity index (χ1n) is 6.73. The molecule has 8 heteroatoms. The summed E-state index contributed by atoms with van der Waals surface area (Å²) in [5.74, 6) is -0.0626. The van der Waals surface area contributed by atoms with Crippen molar-refractivity contribution in [1.29, 1.82) is 0 Å². The van der Waals surface area contributed by atoms with Gasteiger partial charge in [0.25, 0.3) is 0 Å². The summed E-state index contributed by atoms with van der Waals surface area (Å²) < 4.78 is 26.5. The molecule has 0 aliphatic rings. The number of nitrogens with zero attached hydrogens (tertiary/aromatic N) is 2. The Kier molecular flexibility index (Phi) is 5.51. The number of carbonyl (C=O) groups is 1. The van der Waals surface area contributed by atoms with E-state index in [-0.39, 0.29) is 11.4 Å². The minimum Gasteiger partial charge on any atom is -0.310 e. The monoisotopic (exact) mass is 397 g/mol. The number of hydrogen-bond donors (Lipinski definition) is 1. The number of aromatic nitrogens is 1. The molecule has 6 nitrogen and oxygen atoms in total. The van der Waals surface area contributed by atoms with Gasteiger partial charge in [-0.15, -0.1) is 0 Å². The van der Waals surface area contributed by atoms with Gasteiger partial charge in [-0.25, -0.2) is 13.4 Å². The number of amides is 1. The van der Waals surface area contributed by atoms with Gasteiger partial charge in [-0.05, 0) is 42.8 Å². The zero-order valence-corrected chi connectivity index (χ0v) is 15.1. The van der Waals surface area contributed by atoms with E-state index < -0.39 is 15.9 Å². The van der Waals surface area contributed by atoms with Gasteiger partial charge < -0.3 is 5.32 Å². The van der Waals surface area contributed by atoms with Gasteiger partial charge >= 0.3 is 0 Å². The molecule has 122 valence electrons. The van der Waals surface area contributed by atoms with E-state index in [1.807, 2.05) is 6.92 Å². The zero-order valence-electron chi connectivity index (χ0n) is 12.7. The average Bonchev–Trinajstić information content (AvgIpc) is 2.47. The Bertz CT molecular complexity index is 824. The predicted octanol–water partition coefficient (Wildman–Crippen LogP) is 2.41. The second kappa shape index (κ2) is 7.20. The Labute approximate surface area is 143 Å². The van der Waals surface area contributed by atoms with Crippen molar-refractivity contribution in [3.63, 3.8) is 0 Å². The van der Waals surface area contributed by atoms with Crippen molar-refractivity contribution >= 4 is 37.7 Å². The van der Waals surface area contributed by atoms with Gasteiger partial charge in [0.1, 0.15) is 5.82 Å². The second-order valence-corrected chi connectivity index (χ2v) is 7.95. The van der Waals surface area contributed by atoms with E-state index >= 15 is 0 Å². The lowest BCUT2D eigenvalue weighted by atomic mass is 10.3. The van der Waals surface area contributed by atoms with Crippen LogP contribution < -0.4 is 5.32 Å². The second-order valence-electron chi connectivity index (χ2n) is 4.99. The van der Waals surface area contributed by atoms with E-state index in [1.54, 1.807) is 30.5 Å². The molecule has 0 radical (unpaired) electrons. The summed E-state index contributed by atoms with van der Waals surface area (Å²) in [7, 11) is -2.37. The van der Waals surface area contributed by atoms with E-state index in [4.69, 9.17) is 0 Å². The predicted molar refractivity (Wildman–Crippen MR) is 91.6 cm³/mol. The van der Waals surface area contributed by atoms with Crippen LogP contribution in [0.4, 0.5) is 5.82 Å². The third-order valence-corrected chi connectivity index (χ3v) is 5.35. The van der Waals surface area contributed by atoms with Gasteiger partial charge in [0.15, 0.2) is 0 Å². The molecule has 0 fully saturated rings. The number of anilines is 1. The van der Waals surface area contributed by atoms with Crippen LogP contribution in [0.2, 0.25) is 0 Å². The number of carbonyl (C=O) groups excluding carboxylic acids is 1. The molecular formula is C15H16BrN3O3S. The van der Waals surface area contributed by atoms with E-state index in [9.17, 15) is 13.2 Å². The molecule has 0 saturated carbocycles. The average molecular weight is 398 g/mol. The number of rotatable bonds is 5. The molecule has 0 saturated heterocycles. The summed E-state index contributed by atoms with van der Waals surface area (Å²) in [6.45, 7) is 1.58. The van der Waals surface area contributed by atoms with Gasteiger partial charge in [-0.1, -0.05) is 22.0 Å². The number of aryl methyl sites for hydroxylation is 1. The zero-order chi connectivity index (χ0) is 17.0. The van der Waals surface area contributed by atoms with Crippen LogP contribution in [0.5, 0.6) is 0 Å². The fourth-order valence-corrected chi connectivity index (χ4v) is 3.61. The van der Waals surface area contributed by atoms with Gasteiger partial charge in [0.05, 0.1) is 11.4 Å². The molecule has 0 atom stereocenters. The van der Waals surface area contributed by atoms with Gasteiger partial charge in [-0.2, -0.15) is 4.31 Å². The van der Waals surface area contributed by atoms with Gasteiger partial charge in [-0.3, -0.25) is 4.79 Å². The fourth-order valence-electron chi connectivity index (χ4n) is 1.88. The SMILES string of the molecule is Cc1ccnc(NC(=O)CN(C)S(=O)(=O)c2cccc(Br)c2)c1. The molecule has 2 rings (SSSR count). The number of likely N-dealkylation sites (N-methyl/N-ethyl adjacent to an activating group) is 1. The molecule has 0 aliphatic carbocycles. The number of hydrogen-bond acceptors (Lipinski definition) is 4. The Hall–Kier alpha value is -1.77. The summed E-state index contributed by atoms with van der Waals surface area (Å²) in [4.78, 5) is 16.1. The molecule has 1 heterocycles. The Morgan fingerprint density at radius 1 is 1.30 bits per heavy atom. The third kappa shape index (κ3) is 4.60. The number of pyridine rings is 1. The first kappa shape index (κ1) is 17.6. The van der Waals surface area contributed by atoms with E-state index in [0.717, 1.165) is 9.87 Å². The highest BCUT2D eigenvalue weighted by atomic mass is 79.9. The third-order valence-electron chi connectivity index (χ3n) is 3.05. The van der Waals surface area contributed by atoms with Crippen molar-refractivity contribution in [1.82, 2.24) is 9.29 Å². The summed E-state index contributed by atoms with van der Waals surface area (Å²) in [6, 6.07) is 9.85. The molecule has 0 aliphatic heterocycles. The maximum atomic E-state index is 12.4. The van der Waals surface area contributed by atoms with Gasteiger partial charge in [0, 0.05) is 17.7 Å². The first-order valence-corrected chi connectivity index (χ1v) is 8.97. The van der Waals surface area contributed by atoms with Crippen molar-refractivity contribution < 1.29 is 13.2 Å². The standard InChI is InChI=1S/C15H16BrN3O3S/c1-11-6-7-17-14(8-11)18-15(20)10-19(2)23(21,22)13-5-3-4-12(16)9-13/h3-9H,10H2,1-2H3,(H,17,18,20). The minimum atomic E-state index is -3.73.